The van der Waals surface area contributed by atoms with Crippen molar-refractivity contribution in [1.82, 2.24) is 10.6 Å². The fourth-order valence-corrected chi connectivity index (χ4v) is 4.60. The van der Waals surface area contributed by atoms with Gasteiger partial charge in [0.25, 0.3) is 0 Å². The Morgan fingerprint density at radius 3 is 2.70 bits per heavy atom. The number of methoxy groups -OCH3 is 1. The largest absolute Gasteiger partial charge is 0.496 e. The third-order valence-corrected chi connectivity index (χ3v) is 6.29. The number of nitrogens with one attached hydrogen (secondary N) is 2. The Kier molecular flexibility index (Phi) is 9.28. The van der Waals surface area contributed by atoms with Gasteiger partial charge < -0.3 is 20.1 Å². The molecule has 0 bridgehead atoms. The Morgan fingerprint density at radius 2 is 2.04 bits per heavy atom. The topological polar surface area (TPSA) is 54.9 Å². The lowest BCUT2D eigenvalue weighted by atomic mass is 9.99. The second-order valence-corrected chi connectivity index (χ2v) is 8.65. The number of rotatable bonds is 9. The summed E-state index contributed by atoms with van der Waals surface area (Å²) in [5, 5.41) is 6.86. The van der Waals surface area contributed by atoms with E-state index in [1.807, 2.05) is 17.8 Å². The molecule has 152 valence electrons. The summed E-state index contributed by atoms with van der Waals surface area (Å²) >= 11 is 2.03. The average molecular weight is 394 g/mol. The van der Waals surface area contributed by atoms with E-state index in [-0.39, 0.29) is 4.75 Å². The maximum Gasteiger partial charge on any atom is 0.191 e. The third kappa shape index (κ3) is 6.92. The lowest BCUT2D eigenvalue weighted by molar-refractivity contribution is 0.0793. The van der Waals surface area contributed by atoms with Crippen LogP contribution in [0.15, 0.2) is 23.2 Å². The van der Waals surface area contributed by atoms with Crippen molar-refractivity contribution in [3.05, 3.63) is 29.3 Å². The SMILES string of the molecule is CCNC(=NCC1(SCC)CCOCC1)NCCc1cc(C)ccc1OC. The Bertz CT molecular complexity index is 596. The lowest BCUT2D eigenvalue weighted by Crippen LogP contribution is -2.41. The predicted octanol–water partition coefficient (Wildman–Crippen LogP) is 3.40. The van der Waals surface area contributed by atoms with Gasteiger partial charge in [-0.3, -0.25) is 4.99 Å². The lowest BCUT2D eigenvalue weighted by Gasteiger charge is -2.35. The van der Waals surface area contributed by atoms with Gasteiger partial charge in [-0.25, -0.2) is 0 Å². The minimum atomic E-state index is 0.217. The highest BCUT2D eigenvalue weighted by Crippen LogP contribution is 2.35. The van der Waals surface area contributed by atoms with Gasteiger partial charge in [0.05, 0.1) is 13.7 Å². The molecule has 6 heteroatoms. The molecule has 1 aromatic carbocycles. The van der Waals surface area contributed by atoms with E-state index in [0.717, 1.165) is 69.6 Å². The fraction of sp³-hybridized carbons (Fsp3) is 0.667. The molecule has 27 heavy (non-hydrogen) atoms. The molecule has 1 heterocycles. The van der Waals surface area contributed by atoms with Gasteiger partial charge in [0.15, 0.2) is 5.96 Å². The molecule has 0 aromatic heterocycles. The number of nitrogens with zero attached hydrogens (tertiary/aromatic N) is 1. The second-order valence-electron chi connectivity index (χ2n) is 6.92. The van der Waals surface area contributed by atoms with E-state index in [1.54, 1.807) is 7.11 Å². The molecular weight excluding hydrogens is 358 g/mol. The molecule has 0 amide bonds. The molecule has 0 saturated carbocycles. The van der Waals surface area contributed by atoms with Crippen molar-refractivity contribution in [2.75, 3.05) is 45.7 Å². The van der Waals surface area contributed by atoms with E-state index < -0.39 is 0 Å². The highest BCUT2D eigenvalue weighted by Gasteiger charge is 2.32. The van der Waals surface area contributed by atoms with Gasteiger partial charge in [0.2, 0.25) is 0 Å². The van der Waals surface area contributed by atoms with E-state index in [4.69, 9.17) is 14.5 Å². The van der Waals surface area contributed by atoms with Crippen LogP contribution in [0.1, 0.15) is 37.8 Å². The van der Waals surface area contributed by atoms with Crippen molar-refractivity contribution < 1.29 is 9.47 Å². The third-order valence-electron chi connectivity index (χ3n) is 4.85. The summed E-state index contributed by atoms with van der Waals surface area (Å²) in [6.45, 7) is 10.6. The minimum absolute atomic E-state index is 0.217. The molecule has 0 aliphatic carbocycles. The first kappa shape index (κ1) is 21.9. The quantitative estimate of drug-likeness (QED) is 0.497. The maximum atomic E-state index is 5.57. The molecule has 0 spiro atoms. The van der Waals surface area contributed by atoms with E-state index in [1.165, 1.54) is 11.1 Å². The molecule has 0 atom stereocenters. The van der Waals surface area contributed by atoms with Crippen molar-refractivity contribution in [3.8, 4) is 5.75 Å². The molecule has 0 radical (unpaired) electrons. The monoisotopic (exact) mass is 393 g/mol. The van der Waals surface area contributed by atoms with Crippen LogP contribution >= 0.6 is 11.8 Å². The van der Waals surface area contributed by atoms with Crippen LogP contribution in [0.2, 0.25) is 0 Å². The van der Waals surface area contributed by atoms with Gasteiger partial charge in [-0.15, -0.1) is 0 Å². The van der Waals surface area contributed by atoms with E-state index in [2.05, 4.69) is 43.5 Å². The molecule has 0 unspecified atom stereocenters. The fourth-order valence-electron chi connectivity index (χ4n) is 3.38. The highest BCUT2D eigenvalue weighted by atomic mass is 32.2. The minimum Gasteiger partial charge on any atom is -0.496 e. The van der Waals surface area contributed by atoms with Crippen LogP contribution in [-0.4, -0.2) is 56.4 Å². The molecular formula is C21H35N3O2S. The molecule has 5 nitrogen and oxygen atoms in total. The zero-order valence-corrected chi connectivity index (χ0v) is 18.1. The van der Waals surface area contributed by atoms with E-state index in [9.17, 15) is 0 Å². The first-order valence-corrected chi connectivity index (χ1v) is 11.0. The summed E-state index contributed by atoms with van der Waals surface area (Å²) < 4.78 is 11.3. The number of thioether (sulfide) groups is 1. The molecule has 1 fully saturated rings. The molecule has 2 N–H and O–H groups in total. The zero-order valence-electron chi connectivity index (χ0n) is 17.3. The normalized spacial score (nSPS) is 16.8. The first-order chi connectivity index (χ1) is 13.1. The Morgan fingerprint density at radius 1 is 1.26 bits per heavy atom. The number of ether oxygens (including phenoxy) is 2. The Labute approximate surface area is 168 Å². The van der Waals surface area contributed by atoms with Crippen molar-refractivity contribution in [2.45, 2.75) is 44.8 Å². The van der Waals surface area contributed by atoms with Crippen molar-refractivity contribution in [3.63, 3.8) is 0 Å². The Balaban J connectivity index is 1.96. The van der Waals surface area contributed by atoms with Crippen molar-refractivity contribution in [1.29, 1.82) is 0 Å². The van der Waals surface area contributed by atoms with Gasteiger partial charge in [0, 0.05) is 31.1 Å². The predicted molar refractivity (Wildman–Crippen MR) is 116 cm³/mol. The average Bonchev–Trinajstić information content (AvgIpc) is 2.67. The van der Waals surface area contributed by atoms with Crippen LogP contribution in [0.5, 0.6) is 5.75 Å². The number of hydrogen-bond acceptors (Lipinski definition) is 4. The van der Waals surface area contributed by atoms with Gasteiger partial charge in [-0.2, -0.15) is 11.8 Å². The highest BCUT2D eigenvalue weighted by molar-refractivity contribution is 8.00. The summed E-state index contributed by atoms with van der Waals surface area (Å²) in [6, 6.07) is 6.32. The number of hydrogen-bond donors (Lipinski definition) is 2. The zero-order chi connectivity index (χ0) is 19.5. The van der Waals surface area contributed by atoms with Gasteiger partial charge in [-0.05, 0) is 50.5 Å². The molecule has 1 aromatic rings. The van der Waals surface area contributed by atoms with Crippen LogP contribution in [0.4, 0.5) is 0 Å². The van der Waals surface area contributed by atoms with Gasteiger partial charge in [-0.1, -0.05) is 24.6 Å². The molecule has 2 rings (SSSR count). The van der Waals surface area contributed by atoms with Crippen molar-refractivity contribution >= 4 is 17.7 Å². The van der Waals surface area contributed by atoms with Crippen LogP contribution in [0, 0.1) is 6.92 Å². The molecule has 1 saturated heterocycles. The van der Waals surface area contributed by atoms with Gasteiger partial charge in [0.1, 0.15) is 5.75 Å². The summed E-state index contributed by atoms with van der Waals surface area (Å²) in [5.41, 5.74) is 2.48. The number of guanidine groups is 1. The smallest absolute Gasteiger partial charge is 0.191 e. The molecule has 1 aliphatic rings. The Hall–Kier alpha value is -1.40. The number of aliphatic imine (C=N–C) groups is 1. The van der Waals surface area contributed by atoms with Crippen molar-refractivity contribution in [2.24, 2.45) is 4.99 Å². The van der Waals surface area contributed by atoms with Crippen LogP contribution in [0.3, 0.4) is 0 Å². The summed E-state index contributed by atoms with van der Waals surface area (Å²) in [7, 11) is 1.73. The number of aryl methyl sites for hydroxylation is 1. The number of benzene rings is 1. The first-order valence-electron chi connectivity index (χ1n) is 10.00. The maximum absolute atomic E-state index is 5.57. The summed E-state index contributed by atoms with van der Waals surface area (Å²) in [6.07, 6.45) is 3.06. The molecule has 1 aliphatic heterocycles. The summed E-state index contributed by atoms with van der Waals surface area (Å²) in [5.74, 6) is 2.96. The van der Waals surface area contributed by atoms with E-state index >= 15 is 0 Å². The van der Waals surface area contributed by atoms with Crippen LogP contribution in [-0.2, 0) is 11.2 Å². The van der Waals surface area contributed by atoms with Crippen LogP contribution < -0.4 is 15.4 Å². The standard InChI is InChI=1S/C21H35N3O2S/c1-5-22-20(24-16-21(27-6-2)10-13-26-14-11-21)23-12-9-18-15-17(3)7-8-19(18)25-4/h7-8,15H,5-6,9-14,16H2,1-4H3,(H2,22,23,24). The van der Waals surface area contributed by atoms with Gasteiger partial charge >= 0.3 is 0 Å². The summed E-state index contributed by atoms with van der Waals surface area (Å²) in [4.78, 5) is 4.91. The van der Waals surface area contributed by atoms with E-state index in [0.29, 0.717) is 0 Å². The van der Waals surface area contributed by atoms with Crippen LogP contribution in [0.25, 0.3) is 0 Å². The second kappa shape index (κ2) is 11.4.